The molecule has 0 saturated heterocycles. The molecule has 0 fully saturated rings. The van der Waals surface area contributed by atoms with Crippen LogP contribution in [0.2, 0.25) is 0 Å². The predicted octanol–water partition coefficient (Wildman–Crippen LogP) is 4.47. The van der Waals surface area contributed by atoms with E-state index in [1.165, 1.54) is 10.9 Å². The van der Waals surface area contributed by atoms with Crippen LogP contribution in [0.15, 0.2) is 60.8 Å². The third kappa shape index (κ3) is 5.38. The van der Waals surface area contributed by atoms with E-state index in [2.05, 4.69) is 28.6 Å². The summed E-state index contributed by atoms with van der Waals surface area (Å²) in [6, 6.07) is 18.1. The van der Waals surface area contributed by atoms with Crippen LogP contribution in [0, 0.1) is 0 Å². The number of para-hydroxylation sites is 2. The molecule has 0 bridgehead atoms. The lowest BCUT2D eigenvalue weighted by molar-refractivity contribution is -0.121. The Morgan fingerprint density at radius 2 is 1.77 bits per heavy atom. The maximum Gasteiger partial charge on any atom is 0.220 e. The third-order valence-corrected chi connectivity index (χ3v) is 4.43. The van der Waals surface area contributed by atoms with Gasteiger partial charge < -0.3 is 15.0 Å². The van der Waals surface area contributed by atoms with Crippen LogP contribution in [0.3, 0.4) is 0 Å². The summed E-state index contributed by atoms with van der Waals surface area (Å²) in [7, 11) is 0. The van der Waals surface area contributed by atoms with E-state index >= 15 is 0 Å². The summed E-state index contributed by atoms with van der Waals surface area (Å²) in [4.78, 5) is 15.2. The monoisotopic (exact) mass is 350 g/mol. The first-order valence-corrected chi connectivity index (χ1v) is 9.32. The van der Waals surface area contributed by atoms with E-state index in [9.17, 15) is 4.79 Å². The van der Waals surface area contributed by atoms with Crippen molar-refractivity contribution >= 4 is 16.8 Å². The highest BCUT2D eigenvalue weighted by molar-refractivity contribution is 5.83. The molecular formula is C22H26N2O2. The van der Waals surface area contributed by atoms with E-state index in [0.717, 1.165) is 36.9 Å². The molecule has 0 spiro atoms. The summed E-state index contributed by atoms with van der Waals surface area (Å²) in [5.74, 6) is 1.03. The molecule has 136 valence electrons. The van der Waals surface area contributed by atoms with Crippen molar-refractivity contribution in [1.82, 2.24) is 10.3 Å². The fraction of sp³-hybridized carbons (Fsp3) is 0.318. The number of unbranched alkanes of at least 4 members (excludes halogenated alkanes) is 1. The zero-order valence-electron chi connectivity index (χ0n) is 15.0. The van der Waals surface area contributed by atoms with Crippen molar-refractivity contribution < 1.29 is 9.53 Å². The number of carbonyl (C=O) groups excluding carboxylic acids is 1. The number of benzene rings is 2. The highest BCUT2D eigenvalue weighted by atomic mass is 16.5. The number of H-pyrrole nitrogens is 1. The van der Waals surface area contributed by atoms with Gasteiger partial charge in [-0.25, -0.2) is 0 Å². The van der Waals surface area contributed by atoms with Gasteiger partial charge in [-0.3, -0.25) is 4.79 Å². The summed E-state index contributed by atoms with van der Waals surface area (Å²) < 4.78 is 5.64. The van der Waals surface area contributed by atoms with Gasteiger partial charge in [0.15, 0.2) is 0 Å². The summed E-state index contributed by atoms with van der Waals surface area (Å²) in [5, 5.41) is 4.25. The molecule has 1 heterocycles. The molecule has 2 aromatic carbocycles. The number of nitrogens with one attached hydrogen (secondary N) is 2. The second-order valence-electron chi connectivity index (χ2n) is 6.43. The van der Waals surface area contributed by atoms with E-state index in [0.29, 0.717) is 19.6 Å². The molecule has 4 heteroatoms. The molecule has 4 nitrogen and oxygen atoms in total. The zero-order valence-corrected chi connectivity index (χ0v) is 15.0. The van der Waals surface area contributed by atoms with Crippen molar-refractivity contribution in [3.8, 4) is 5.75 Å². The molecule has 0 aliphatic heterocycles. The van der Waals surface area contributed by atoms with Gasteiger partial charge >= 0.3 is 0 Å². The van der Waals surface area contributed by atoms with Crippen LogP contribution < -0.4 is 10.1 Å². The number of aryl methyl sites for hydroxylation is 1. The van der Waals surface area contributed by atoms with Crippen molar-refractivity contribution in [2.45, 2.75) is 32.1 Å². The number of ether oxygens (including phenoxy) is 1. The molecular weight excluding hydrogens is 324 g/mol. The second kappa shape index (κ2) is 9.66. The molecule has 0 saturated carbocycles. The van der Waals surface area contributed by atoms with Crippen molar-refractivity contribution in [2.24, 2.45) is 0 Å². The van der Waals surface area contributed by atoms with E-state index < -0.39 is 0 Å². The second-order valence-corrected chi connectivity index (χ2v) is 6.43. The first kappa shape index (κ1) is 18.1. The van der Waals surface area contributed by atoms with Crippen LogP contribution in [0.25, 0.3) is 10.9 Å². The Morgan fingerprint density at radius 1 is 0.962 bits per heavy atom. The smallest absolute Gasteiger partial charge is 0.220 e. The fourth-order valence-electron chi connectivity index (χ4n) is 3.03. The third-order valence-electron chi connectivity index (χ3n) is 4.43. The van der Waals surface area contributed by atoms with Crippen LogP contribution in [0.1, 0.15) is 31.2 Å². The van der Waals surface area contributed by atoms with Crippen molar-refractivity contribution in [2.75, 3.05) is 13.2 Å². The molecule has 0 aliphatic carbocycles. The van der Waals surface area contributed by atoms with Crippen LogP contribution >= 0.6 is 0 Å². The Bertz CT molecular complexity index is 811. The van der Waals surface area contributed by atoms with Crippen LogP contribution in [-0.4, -0.2) is 24.0 Å². The van der Waals surface area contributed by atoms with E-state index in [4.69, 9.17) is 4.74 Å². The normalized spacial score (nSPS) is 10.8. The fourth-order valence-corrected chi connectivity index (χ4v) is 3.03. The molecule has 1 amide bonds. The highest BCUT2D eigenvalue weighted by Gasteiger charge is 2.05. The van der Waals surface area contributed by atoms with Gasteiger partial charge in [0.05, 0.1) is 6.61 Å². The number of hydrogen-bond acceptors (Lipinski definition) is 2. The Balaban J connectivity index is 1.25. The van der Waals surface area contributed by atoms with Crippen molar-refractivity contribution in [3.05, 3.63) is 66.4 Å². The standard InChI is InChI=1S/C22H26N2O2/c25-22(23-15-6-7-16-26-19-10-2-1-3-11-19)14-8-9-18-17-24-21-13-5-4-12-20(18)21/h1-5,10-13,17,24H,6-9,14-16H2,(H,23,25). The zero-order chi connectivity index (χ0) is 18.0. The topological polar surface area (TPSA) is 54.1 Å². The average molecular weight is 350 g/mol. The minimum atomic E-state index is 0.133. The maximum absolute atomic E-state index is 11.9. The van der Waals surface area contributed by atoms with Gasteiger partial charge in [0.25, 0.3) is 0 Å². The Labute approximate surface area is 154 Å². The van der Waals surface area contributed by atoms with Gasteiger partial charge in [0.2, 0.25) is 5.91 Å². The lowest BCUT2D eigenvalue weighted by Crippen LogP contribution is -2.24. The maximum atomic E-state index is 11.9. The predicted molar refractivity (Wildman–Crippen MR) is 105 cm³/mol. The van der Waals surface area contributed by atoms with E-state index in [1.807, 2.05) is 42.5 Å². The van der Waals surface area contributed by atoms with Gasteiger partial charge in [-0.05, 0) is 49.4 Å². The largest absolute Gasteiger partial charge is 0.494 e. The molecule has 0 radical (unpaired) electrons. The van der Waals surface area contributed by atoms with Crippen LogP contribution in [0.4, 0.5) is 0 Å². The molecule has 0 unspecified atom stereocenters. The number of aromatic amines is 1. The number of aromatic nitrogens is 1. The molecule has 3 aromatic rings. The van der Waals surface area contributed by atoms with Gasteiger partial charge in [-0.2, -0.15) is 0 Å². The molecule has 1 aromatic heterocycles. The highest BCUT2D eigenvalue weighted by Crippen LogP contribution is 2.19. The Morgan fingerprint density at radius 3 is 2.65 bits per heavy atom. The SMILES string of the molecule is O=C(CCCc1c[nH]c2ccccc12)NCCCCOc1ccccc1. The van der Waals surface area contributed by atoms with Crippen LogP contribution in [0.5, 0.6) is 5.75 Å². The van der Waals surface area contributed by atoms with E-state index in [1.54, 1.807) is 0 Å². The van der Waals surface area contributed by atoms with Gasteiger partial charge in [-0.15, -0.1) is 0 Å². The quantitative estimate of drug-likeness (QED) is 0.530. The Hall–Kier alpha value is -2.75. The number of hydrogen-bond donors (Lipinski definition) is 2. The Kier molecular flexibility index (Phi) is 6.71. The summed E-state index contributed by atoms with van der Waals surface area (Å²) >= 11 is 0. The average Bonchev–Trinajstić information content (AvgIpc) is 3.09. The number of fused-ring (bicyclic) bond motifs is 1. The summed E-state index contributed by atoms with van der Waals surface area (Å²) in [6.07, 6.45) is 6.27. The van der Waals surface area contributed by atoms with Crippen molar-refractivity contribution in [3.63, 3.8) is 0 Å². The first-order chi connectivity index (χ1) is 12.8. The number of carbonyl (C=O) groups is 1. The van der Waals surface area contributed by atoms with Crippen LogP contribution in [-0.2, 0) is 11.2 Å². The molecule has 26 heavy (non-hydrogen) atoms. The minimum absolute atomic E-state index is 0.133. The van der Waals surface area contributed by atoms with Gasteiger partial charge in [0, 0.05) is 30.1 Å². The summed E-state index contributed by atoms with van der Waals surface area (Å²) in [5.41, 5.74) is 2.44. The molecule has 0 atom stereocenters. The van der Waals surface area contributed by atoms with Crippen molar-refractivity contribution in [1.29, 1.82) is 0 Å². The molecule has 0 aliphatic rings. The minimum Gasteiger partial charge on any atom is -0.494 e. The summed E-state index contributed by atoms with van der Waals surface area (Å²) in [6.45, 7) is 1.39. The van der Waals surface area contributed by atoms with Gasteiger partial charge in [0.1, 0.15) is 5.75 Å². The lowest BCUT2D eigenvalue weighted by Gasteiger charge is -2.07. The molecule has 2 N–H and O–H groups in total. The van der Waals surface area contributed by atoms with Gasteiger partial charge in [-0.1, -0.05) is 36.4 Å². The van der Waals surface area contributed by atoms with E-state index in [-0.39, 0.29) is 5.91 Å². The number of amides is 1. The molecule has 3 rings (SSSR count). The first-order valence-electron chi connectivity index (χ1n) is 9.32. The number of rotatable bonds is 10. The lowest BCUT2D eigenvalue weighted by atomic mass is 10.1.